The number of nitrogens with one attached hydrogen (secondary N) is 2. The van der Waals surface area contributed by atoms with E-state index in [1.165, 1.54) is 36.0 Å². The monoisotopic (exact) mass is 475 g/mol. The summed E-state index contributed by atoms with van der Waals surface area (Å²) in [5.74, 6) is -0.201. The number of nitrogens with zero attached hydrogens (tertiary/aromatic N) is 3. The van der Waals surface area contributed by atoms with E-state index in [2.05, 4.69) is 20.8 Å². The van der Waals surface area contributed by atoms with Gasteiger partial charge in [-0.25, -0.2) is 4.39 Å². The van der Waals surface area contributed by atoms with E-state index < -0.39 is 11.9 Å². The molecule has 2 aromatic carbocycles. The Balaban J connectivity index is 1.62. The third-order valence-electron chi connectivity index (χ3n) is 4.70. The smallest absolute Gasteiger partial charge is 0.251 e. The summed E-state index contributed by atoms with van der Waals surface area (Å²) >= 11 is 7.21. The first-order valence-electron chi connectivity index (χ1n) is 9.96. The lowest BCUT2D eigenvalue weighted by Crippen LogP contribution is -2.28. The lowest BCUT2D eigenvalue weighted by Gasteiger charge is -2.15. The second-order valence-corrected chi connectivity index (χ2v) is 8.46. The molecule has 10 heteroatoms. The molecule has 0 bridgehead atoms. The van der Waals surface area contributed by atoms with Crippen molar-refractivity contribution in [2.75, 3.05) is 11.1 Å². The predicted molar refractivity (Wildman–Crippen MR) is 124 cm³/mol. The van der Waals surface area contributed by atoms with Crippen molar-refractivity contribution in [3.8, 4) is 0 Å². The lowest BCUT2D eigenvalue weighted by atomic mass is 10.2. The number of amides is 2. The van der Waals surface area contributed by atoms with Gasteiger partial charge in [-0.15, -0.1) is 10.2 Å². The minimum atomic E-state index is -0.431. The number of benzene rings is 2. The van der Waals surface area contributed by atoms with Crippen molar-refractivity contribution < 1.29 is 14.0 Å². The number of carbonyl (C=O) groups is 2. The SMILES string of the molecule is CCn1c(SCC(=O)Nc2ccc(Cl)cc2C)nnc1[C@@H](C)NC(=O)c1ccc(F)cc1. The van der Waals surface area contributed by atoms with Gasteiger partial charge in [-0.05, 0) is 68.8 Å². The zero-order valence-electron chi connectivity index (χ0n) is 17.9. The topological polar surface area (TPSA) is 88.9 Å². The van der Waals surface area contributed by atoms with Crippen LogP contribution in [-0.2, 0) is 11.3 Å². The second kappa shape index (κ2) is 10.6. The van der Waals surface area contributed by atoms with Crippen LogP contribution in [0.4, 0.5) is 10.1 Å². The Morgan fingerprint density at radius 1 is 1.19 bits per heavy atom. The van der Waals surface area contributed by atoms with E-state index in [0.29, 0.717) is 33.8 Å². The normalized spacial score (nSPS) is 11.8. The zero-order chi connectivity index (χ0) is 23.3. The second-order valence-electron chi connectivity index (χ2n) is 7.08. The van der Waals surface area contributed by atoms with E-state index in [1.54, 1.807) is 25.1 Å². The Bertz CT molecular complexity index is 1120. The van der Waals surface area contributed by atoms with E-state index in [4.69, 9.17) is 11.6 Å². The largest absolute Gasteiger partial charge is 0.342 e. The fourth-order valence-corrected chi connectivity index (χ4v) is 4.09. The van der Waals surface area contributed by atoms with Crippen LogP contribution in [-0.4, -0.2) is 32.3 Å². The summed E-state index contributed by atoms with van der Waals surface area (Å²) < 4.78 is 14.9. The Morgan fingerprint density at radius 3 is 2.56 bits per heavy atom. The Labute approximate surface area is 194 Å². The van der Waals surface area contributed by atoms with Gasteiger partial charge in [-0.3, -0.25) is 9.59 Å². The van der Waals surface area contributed by atoms with E-state index in [1.807, 2.05) is 18.4 Å². The van der Waals surface area contributed by atoms with E-state index in [9.17, 15) is 14.0 Å². The van der Waals surface area contributed by atoms with Gasteiger partial charge in [0, 0.05) is 22.8 Å². The van der Waals surface area contributed by atoms with Gasteiger partial charge in [0.1, 0.15) is 5.82 Å². The van der Waals surface area contributed by atoms with Crippen molar-refractivity contribution in [2.45, 2.75) is 38.5 Å². The molecule has 0 unspecified atom stereocenters. The first kappa shape index (κ1) is 23.7. The van der Waals surface area contributed by atoms with Gasteiger partial charge in [0.05, 0.1) is 11.8 Å². The molecule has 0 saturated heterocycles. The highest BCUT2D eigenvalue weighted by Gasteiger charge is 2.20. The maximum Gasteiger partial charge on any atom is 0.251 e. The highest BCUT2D eigenvalue weighted by Crippen LogP contribution is 2.23. The van der Waals surface area contributed by atoms with Gasteiger partial charge in [0.15, 0.2) is 11.0 Å². The zero-order valence-corrected chi connectivity index (χ0v) is 19.4. The standard InChI is InChI=1S/C22H23ClFN5O2S/c1-4-29-20(14(3)25-21(31)15-5-8-17(24)9-6-15)27-28-22(29)32-12-19(30)26-18-10-7-16(23)11-13(18)2/h5-11,14H,4,12H2,1-3H3,(H,25,31)(H,26,30)/t14-/m1/s1. The molecule has 1 heterocycles. The maximum atomic E-state index is 13.1. The molecule has 0 aliphatic heterocycles. The predicted octanol–water partition coefficient (Wildman–Crippen LogP) is 4.62. The van der Waals surface area contributed by atoms with Crippen molar-refractivity contribution >= 4 is 40.9 Å². The first-order valence-corrected chi connectivity index (χ1v) is 11.3. The quantitative estimate of drug-likeness (QED) is 0.464. The molecule has 32 heavy (non-hydrogen) atoms. The number of carbonyl (C=O) groups excluding carboxylic acids is 2. The molecular formula is C22H23ClFN5O2S. The van der Waals surface area contributed by atoms with Crippen LogP contribution in [0.3, 0.4) is 0 Å². The van der Waals surface area contributed by atoms with Gasteiger partial charge >= 0.3 is 0 Å². The minimum absolute atomic E-state index is 0.149. The Hall–Kier alpha value is -2.91. The lowest BCUT2D eigenvalue weighted by molar-refractivity contribution is -0.113. The number of anilines is 1. The number of halogens is 2. The van der Waals surface area contributed by atoms with Crippen molar-refractivity contribution in [1.29, 1.82) is 0 Å². The average molecular weight is 476 g/mol. The van der Waals surface area contributed by atoms with Crippen molar-refractivity contribution in [2.24, 2.45) is 0 Å². The minimum Gasteiger partial charge on any atom is -0.342 e. The number of rotatable bonds is 8. The Kier molecular flexibility index (Phi) is 7.87. The number of aromatic nitrogens is 3. The molecular weight excluding hydrogens is 453 g/mol. The van der Waals surface area contributed by atoms with Gasteiger partial charge in [0.25, 0.3) is 5.91 Å². The molecule has 0 aliphatic rings. The van der Waals surface area contributed by atoms with E-state index >= 15 is 0 Å². The highest BCUT2D eigenvalue weighted by atomic mass is 35.5. The molecule has 0 saturated carbocycles. The van der Waals surface area contributed by atoms with Gasteiger partial charge in [-0.2, -0.15) is 0 Å². The molecule has 3 rings (SSSR count). The van der Waals surface area contributed by atoms with E-state index in [-0.39, 0.29) is 17.6 Å². The maximum absolute atomic E-state index is 13.1. The van der Waals surface area contributed by atoms with Crippen LogP contribution >= 0.6 is 23.4 Å². The van der Waals surface area contributed by atoms with Crippen LogP contribution in [0.5, 0.6) is 0 Å². The van der Waals surface area contributed by atoms with Crippen molar-refractivity contribution in [1.82, 2.24) is 20.1 Å². The van der Waals surface area contributed by atoms with Crippen LogP contribution in [0.25, 0.3) is 0 Å². The summed E-state index contributed by atoms with van der Waals surface area (Å²) in [6.07, 6.45) is 0. The van der Waals surface area contributed by atoms with Crippen LogP contribution in [0, 0.1) is 12.7 Å². The molecule has 3 aromatic rings. The number of hydrogen-bond donors (Lipinski definition) is 2. The summed E-state index contributed by atoms with van der Waals surface area (Å²) in [6, 6.07) is 10.1. The van der Waals surface area contributed by atoms with Crippen molar-refractivity contribution in [3.05, 3.63) is 70.3 Å². The molecule has 0 aliphatic carbocycles. The molecule has 0 spiro atoms. The van der Waals surface area contributed by atoms with Crippen LogP contribution in [0.15, 0.2) is 47.6 Å². The van der Waals surface area contributed by atoms with Crippen LogP contribution in [0.2, 0.25) is 5.02 Å². The fraction of sp³-hybridized carbons (Fsp3) is 0.273. The molecule has 2 N–H and O–H groups in total. The average Bonchev–Trinajstić information content (AvgIpc) is 3.17. The molecule has 0 radical (unpaired) electrons. The third-order valence-corrected chi connectivity index (χ3v) is 5.90. The van der Waals surface area contributed by atoms with Gasteiger partial charge < -0.3 is 15.2 Å². The fourth-order valence-electron chi connectivity index (χ4n) is 3.05. The molecule has 168 valence electrons. The number of thioether (sulfide) groups is 1. The highest BCUT2D eigenvalue weighted by molar-refractivity contribution is 7.99. The van der Waals surface area contributed by atoms with E-state index in [0.717, 1.165) is 5.56 Å². The molecule has 1 aromatic heterocycles. The molecule has 0 fully saturated rings. The van der Waals surface area contributed by atoms with Crippen LogP contribution < -0.4 is 10.6 Å². The van der Waals surface area contributed by atoms with Crippen molar-refractivity contribution in [3.63, 3.8) is 0 Å². The molecule has 1 atom stereocenters. The summed E-state index contributed by atoms with van der Waals surface area (Å²) in [5, 5.41) is 15.3. The summed E-state index contributed by atoms with van der Waals surface area (Å²) in [7, 11) is 0. The molecule has 7 nitrogen and oxygen atoms in total. The molecule has 2 amide bonds. The van der Waals surface area contributed by atoms with Gasteiger partial charge in [0.2, 0.25) is 5.91 Å². The number of hydrogen-bond acceptors (Lipinski definition) is 5. The summed E-state index contributed by atoms with van der Waals surface area (Å²) in [5.41, 5.74) is 1.93. The summed E-state index contributed by atoms with van der Waals surface area (Å²) in [6.45, 7) is 6.17. The summed E-state index contributed by atoms with van der Waals surface area (Å²) in [4.78, 5) is 24.8. The third kappa shape index (κ3) is 5.86. The Morgan fingerprint density at radius 2 is 1.91 bits per heavy atom. The number of aryl methyl sites for hydroxylation is 1. The first-order chi connectivity index (χ1) is 15.3. The van der Waals surface area contributed by atoms with Crippen LogP contribution in [0.1, 0.15) is 41.6 Å². The van der Waals surface area contributed by atoms with Gasteiger partial charge in [-0.1, -0.05) is 23.4 Å².